The summed E-state index contributed by atoms with van der Waals surface area (Å²) in [4.78, 5) is 2.12. The van der Waals surface area contributed by atoms with E-state index in [0.29, 0.717) is 35.2 Å². The molecule has 0 unspecified atom stereocenters. The van der Waals surface area contributed by atoms with Gasteiger partial charge >= 0.3 is 0 Å². The standard InChI is InChI=1S/C20H25BrClFN2O2/c1-4-26-19-10-14(12-24-8-9-25(2)3)16(21)11-20(19)27-13-15-17(22)6-5-7-18(15)23/h5-7,10-11,24H,4,8-9,12-13H2,1-3H3. The maximum atomic E-state index is 14.0. The fourth-order valence-corrected chi connectivity index (χ4v) is 3.12. The summed E-state index contributed by atoms with van der Waals surface area (Å²) in [5, 5.41) is 3.74. The molecule has 0 aliphatic carbocycles. The predicted molar refractivity (Wildman–Crippen MR) is 111 cm³/mol. The topological polar surface area (TPSA) is 33.7 Å². The minimum atomic E-state index is -0.388. The van der Waals surface area contributed by atoms with Crippen LogP contribution in [0.3, 0.4) is 0 Å². The molecule has 0 bridgehead atoms. The molecule has 0 amide bonds. The van der Waals surface area contributed by atoms with Crippen LogP contribution in [0.2, 0.25) is 5.02 Å². The summed E-state index contributed by atoms with van der Waals surface area (Å²) in [6.45, 7) is 4.99. The maximum absolute atomic E-state index is 14.0. The number of halogens is 3. The van der Waals surface area contributed by atoms with Gasteiger partial charge in [0, 0.05) is 29.7 Å². The zero-order valence-corrected chi connectivity index (χ0v) is 18.2. The maximum Gasteiger partial charge on any atom is 0.162 e. The van der Waals surface area contributed by atoms with Crippen LogP contribution >= 0.6 is 27.5 Å². The Bertz CT molecular complexity index is 739. The molecule has 4 nitrogen and oxygen atoms in total. The Morgan fingerprint density at radius 1 is 1.19 bits per heavy atom. The van der Waals surface area contributed by atoms with Gasteiger partial charge in [0.15, 0.2) is 11.5 Å². The Labute approximate surface area is 173 Å². The number of likely N-dealkylation sites (N-methyl/N-ethyl adjacent to an activating group) is 1. The summed E-state index contributed by atoms with van der Waals surface area (Å²) in [6.07, 6.45) is 0. The quantitative estimate of drug-likeness (QED) is 0.514. The third kappa shape index (κ3) is 6.64. The molecule has 0 aliphatic rings. The summed E-state index contributed by atoms with van der Waals surface area (Å²) in [5.74, 6) is 0.777. The minimum absolute atomic E-state index is 0.0262. The number of nitrogens with zero attached hydrogens (tertiary/aromatic N) is 1. The number of benzene rings is 2. The number of hydrogen-bond acceptors (Lipinski definition) is 4. The zero-order chi connectivity index (χ0) is 19.8. The second kappa shape index (κ2) is 10.9. The molecule has 2 rings (SSSR count). The van der Waals surface area contributed by atoms with Crippen molar-refractivity contribution in [3.05, 3.63) is 56.8 Å². The van der Waals surface area contributed by atoms with E-state index < -0.39 is 0 Å². The molecule has 2 aromatic rings. The van der Waals surface area contributed by atoms with Crippen LogP contribution in [0.4, 0.5) is 4.39 Å². The van der Waals surface area contributed by atoms with E-state index in [0.717, 1.165) is 23.1 Å². The van der Waals surface area contributed by atoms with Crippen LogP contribution in [0.25, 0.3) is 0 Å². The van der Waals surface area contributed by atoms with Crippen molar-refractivity contribution in [3.63, 3.8) is 0 Å². The molecule has 0 atom stereocenters. The van der Waals surface area contributed by atoms with Crippen molar-refractivity contribution in [2.75, 3.05) is 33.8 Å². The summed E-state index contributed by atoms with van der Waals surface area (Å²) < 4.78 is 26.4. The van der Waals surface area contributed by atoms with E-state index in [1.807, 2.05) is 33.2 Å². The van der Waals surface area contributed by atoms with Gasteiger partial charge in [0.05, 0.1) is 11.6 Å². The highest BCUT2D eigenvalue weighted by Gasteiger charge is 2.13. The first-order valence-electron chi connectivity index (χ1n) is 8.78. The molecule has 0 heterocycles. The summed E-state index contributed by atoms with van der Waals surface area (Å²) in [6, 6.07) is 8.37. The van der Waals surface area contributed by atoms with Gasteiger partial charge in [-0.25, -0.2) is 4.39 Å². The van der Waals surface area contributed by atoms with E-state index in [-0.39, 0.29) is 12.4 Å². The van der Waals surface area contributed by atoms with Gasteiger partial charge < -0.3 is 19.7 Å². The molecule has 2 aromatic carbocycles. The SMILES string of the molecule is CCOc1cc(CNCCN(C)C)c(Br)cc1OCc1c(F)cccc1Cl. The van der Waals surface area contributed by atoms with Crippen LogP contribution in [0, 0.1) is 5.82 Å². The van der Waals surface area contributed by atoms with Crippen molar-refractivity contribution in [3.8, 4) is 11.5 Å². The molecular formula is C20H25BrClFN2O2. The Kier molecular flexibility index (Phi) is 8.83. The lowest BCUT2D eigenvalue weighted by Gasteiger charge is -2.16. The van der Waals surface area contributed by atoms with Crippen LogP contribution < -0.4 is 14.8 Å². The Morgan fingerprint density at radius 3 is 2.59 bits per heavy atom. The van der Waals surface area contributed by atoms with Crippen molar-refractivity contribution in [2.24, 2.45) is 0 Å². The van der Waals surface area contributed by atoms with Crippen LogP contribution in [-0.2, 0) is 13.2 Å². The molecule has 0 aromatic heterocycles. The Morgan fingerprint density at radius 2 is 1.93 bits per heavy atom. The summed E-state index contributed by atoms with van der Waals surface area (Å²) in [7, 11) is 4.08. The van der Waals surface area contributed by atoms with Crippen LogP contribution in [0.5, 0.6) is 11.5 Å². The van der Waals surface area contributed by atoms with Gasteiger partial charge in [0.25, 0.3) is 0 Å². The van der Waals surface area contributed by atoms with Gasteiger partial charge in [-0.3, -0.25) is 0 Å². The van der Waals surface area contributed by atoms with E-state index in [2.05, 4.69) is 26.1 Å². The number of ether oxygens (including phenoxy) is 2. The van der Waals surface area contributed by atoms with Gasteiger partial charge in [-0.15, -0.1) is 0 Å². The van der Waals surface area contributed by atoms with Gasteiger partial charge in [0.1, 0.15) is 12.4 Å². The molecular weight excluding hydrogens is 435 g/mol. The molecule has 1 N–H and O–H groups in total. The molecule has 7 heteroatoms. The second-order valence-corrected chi connectivity index (χ2v) is 7.55. The first kappa shape index (κ1) is 22.0. The van der Waals surface area contributed by atoms with Crippen LogP contribution in [-0.4, -0.2) is 38.7 Å². The van der Waals surface area contributed by atoms with Crippen molar-refractivity contribution in [1.82, 2.24) is 10.2 Å². The normalized spacial score (nSPS) is 11.1. The van der Waals surface area contributed by atoms with Gasteiger partial charge in [-0.05, 0) is 50.8 Å². The second-order valence-electron chi connectivity index (χ2n) is 6.29. The average molecular weight is 460 g/mol. The third-order valence-corrected chi connectivity index (χ3v) is 4.99. The van der Waals surface area contributed by atoms with Crippen molar-refractivity contribution >= 4 is 27.5 Å². The average Bonchev–Trinajstić information content (AvgIpc) is 2.61. The third-order valence-electron chi connectivity index (χ3n) is 3.90. The monoisotopic (exact) mass is 458 g/mol. The van der Waals surface area contributed by atoms with Gasteiger partial charge in [-0.2, -0.15) is 0 Å². The highest BCUT2D eigenvalue weighted by atomic mass is 79.9. The largest absolute Gasteiger partial charge is 0.490 e. The molecule has 0 saturated carbocycles. The fourth-order valence-electron chi connectivity index (χ4n) is 2.44. The van der Waals surface area contributed by atoms with E-state index in [1.54, 1.807) is 12.1 Å². The van der Waals surface area contributed by atoms with Crippen molar-refractivity contribution in [2.45, 2.75) is 20.1 Å². The molecule has 0 saturated heterocycles. The molecule has 0 aliphatic heterocycles. The van der Waals surface area contributed by atoms with Gasteiger partial charge in [-0.1, -0.05) is 33.6 Å². The molecule has 0 radical (unpaired) electrons. The van der Waals surface area contributed by atoms with E-state index in [9.17, 15) is 4.39 Å². The van der Waals surface area contributed by atoms with E-state index in [4.69, 9.17) is 21.1 Å². The summed E-state index contributed by atoms with van der Waals surface area (Å²) in [5.41, 5.74) is 1.39. The van der Waals surface area contributed by atoms with E-state index in [1.165, 1.54) is 6.07 Å². The first-order chi connectivity index (χ1) is 12.9. The van der Waals surface area contributed by atoms with Crippen molar-refractivity contribution < 1.29 is 13.9 Å². The number of rotatable bonds is 10. The summed E-state index contributed by atoms with van der Waals surface area (Å²) >= 11 is 9.66. The predicted octanol–water partition coefficient (Wildman–Crippen LogP) is 4.87. The molecule has 0 fully saturated rings. The number of hydrogen-bond donors (Lipinski definition) is 1. The highest BCUT2D eigenvalue weighted by Crippen LogP contribution is 2.35. The lowest BCUT2D eigenvalue weighted by molar-refractivity contribution is 0.265. The Hall–Kier alpha value is -1.34. The lowest BCUT2D eigenvalue weighted by Crippen LogP contribution is -2.26. The smallest absolute Gasteiger partial charge is 0.162 e. The molecule has 0 spiro atoms. The minimum Gasteiger partial charge on any atom is -0.490 e. The van der Waals surface area contributed by atoms with E-state index >= 15 is 0 Å². The highest BCUT2D eigenvalue weighted by molar-refractivity contribution is 9.10. The fraction of sp³-hybridized carbons (Fsp3) is 0.400. The number of nitrogens with one attached hydrogen (secondary N) is 1. The first-order valence-corrected chi connectivity index (χ1v) is 9.95. The van der Waals surface area contributed by atoms with Crippen LogP contribution in [0.1, 0.15) is 18.1 Å². The lowest BCUT2D eigenvalue weighted by atomic mass is 10.2. The van der Waals surface area contributed by atoms with Crippen molar-refractivity contribution in [1.29, 1.82) is 0 Å². The zero-order valence-electron chi connectivity index (χ0n) is 15.8. The Balaban J connectivity index is 2.12. The van der Waals surface area contributed by atoms with Gasteiger partial charge in [0.2, 0.25) is 0 Å². The molecule has 27 heavy (non-hydrogen) atoms. The van der Waals surface area contributed by atoms with Crippen LogP contribution in [0.15, 0.2) is 34.8 Å². The molecule has 148 valence electrons.